The molecular formula is C22H16ClF3N2O2. The van der Waals surface area contributed by atoms with Gasteiger partial charge in [-0.3, -0.25) is 4.90 Å². The maximum Gasteiger partial charge on any atom is 0.416 e. The van der Waals surface area contributed by atoms with Gasteiger partial charge < -0.3 is 10.1 Å². The average molecular weight is 433 g/mol. The highest BCUT2D eigenvalue weighted by molar-refractivity contribution is 6.30. The van der Waals surface area contributed by atoms with Crippen molar-refractivity contribution in [1.29, 1.82) is 0 Å². The van der Waals surface area contributed by atoms with Crippen LogP contribution in [0.5, 0.6) is 11.5 Å². The van der Waals surface area contributed by atoms with Gasteiger partial charge in [0.25, 0.3) is 0 Å². The number of carbonyl (C=O) groups is 1. The molecule has 1 fully saturated rings. The molecule has 8 heteroatoms. The summed E-state index contributed by atoms with van der Waals surface area (Å²) in [7, 11) is 0. The molecule has 0 aromatic heterocycles. The topological polar surface area (TPSA) is 41.6 Å². The van der Waals surface area contributed by atoms with Gasteiger partial charge in [0.05, 0.1) is 18.2 Å². The van der Waals surface area contributed by atoms with Crippen LogP contribution in [0, 0.1) is 0 Å². The van der Waals surface area contributed by atoms with E-state index in [4.69, 9.17) is 16.3 Å². The molecule has 1 N–H and O–H groups in total. The molecule has 0 bridgehead atoms. The Morgan fingerprint density at radius 3 is 2.23 bits per heavy atom. The lowest BCUT2D eigenvalue weighted by Gasteiger charge is -2.16. The first-order valence-electron chi connectivity index (χ1n) is 9.08. The summed E-state index contributed by atoms with van der Waals surface area (Å²) in [6.07, 6.45) is -4.43. The van der Waals surface area contributed by atoms with E-state index in [0.29, 0.717) is 27.8 Å². The van der Waals surface area contributed by atoms with E-state index in [1.165, 1.54) is 11.0 Å². The van der Waals surface area contributed by atoms with E-state index in [2.05, 4.69) is 5.32 Å². The van der Waals surface area contributed by atoms with E-state index in [1.807, 2.05) is 0 Å². The van der Waals surface area contributed by atoms with Gasteiger partial charge >= 0.3 is 12.2 Å². The number of urea groups is 1. The Labute approximate surface area is 175 Å². The van der Waals surface area contributed by atoms with Gasteiger partial charge in [-0.1, -0.05) is 23.7 Å². The van der Waals surface area contributed by atoms with E-state index in [9.17, 15) is 18.0 Å². The normalized spacial score (nSPS) is 16.5. The number of nitrogens with one attached hydrogen (secondary N) is 1. The zero-order valence-corrected chi connectivity index (χ0v) is 16.2. The third-order valence-electron chi connectivity index (χ3n) is 4.72. The highest BCUT2D eigenvalue weighted by atomic mass is 35.5. The van der Waals surface area contributed by atoms with Crippen molar-refractivity contribution in [1.82, 2.24) is 5.32 Å². The van der Waals surface area contributed by atoms with Crippen molar-refractivity contribution in [3.8, 4) is 11.5 Å². The summed E-state index contributed by atoms with van der Waals surface area (Å²) < 4.78 is 44.6. The molecule has 0 spiro atoms. The molecule has 1 aliphatic rings. The number of nitrogens with zero attached hydrogens (tertiary/aromatic N) is 1. The van der Waals surface area contributed by atoms with Gasteiger partial charge in [-0.2, -0.15) is 13.2 Å². The number of benzene rings is 3. The van der Waals surface area contributed by atoms with Crippen molar-refractivity contribution < 1.29 is 22.7 Å². The van der Waals surface area contributed by atoms with E-state index >= 15 is 0 Å². The van der Waals surface area contributed by atoms with Gasteiger partial charge in [-0.25, -0.2) is 4.79 Å². The number of alkyl halides is 3. The predicted octanol–water partition coefficient (Wildman–Crippen LogP) is 6.42. The molecule has 2 amide bonds. The molecule has 3 aromatic rings. The molecule has 4 nitrogen and oxygen atoms in total. The summed E-state index contributed by atoms with van der Waals surface area (Å²) in [5, 5.41) is 3.34. The first-order valence-corrected chi connectivity index (χ1v) is 9.46. The van der Waals surface area contributed by atoms with Gasteiger partial charge in [-0.15, -0.1) is 0 Å². The van der Waals surface area contributed by atoms with E-state index in [-0.39, 0.29) is 12.6 Å². The van der Waals surface area contributed by atoms with Crippen LogP contribution in [0.3, 0.4) is 0 Å². The Balaban J connectivity index is 1.47. The Hall–Kier alpha value is -3.19. The van der Waals surface area contributed by atoms with Crippen LogP contribution < -0.4 is 15.0 Å². The maximum atomic E-state index is 13.0. The van der Waals surface area contributed by atoms with Gasteiger partial charge in [0.2, 0.25) is 0 Å². The molecule has 1 aliphatic heterocycles. The Bertz CT molecular complexity index is 1050. The van der Waals surface area contributed by atoms with Crippen molar-refractivity contribution in [2.24, 2.45) is 0 Å². The largest absolute Gasteiger partial charge is 0.457 e. The molecule has 0 aliphatic carbocycles. The number of anilines is 1. The zero-order valence-electron chi connectivity index (χ0n) is 15.5. The van der Waals surface area contributed by atoms with Crippen LogP contribution in [0.15, 0.2) is 72.8 Å². The smallest absolute Gasteiger partial charge is 0.416 e. The third-order valence-corrected chi connectivity index (χ3v) is 4.97. The minimum atomic E-state index is -4.43. The van der Waals surface area contributed by atoms with Crippen LogP contribution in [-0.2, 0) is 6.18 Å². The molecule has 30 heavy (non-hydrogen) atoms. The highest BCUT2D eigenvalue weighted by Crippen LogP contribution is 2.33. The number of hydrogen-bond acceptors (Lipinski definition) is 2. The van der Waals surface area contributed by atoms with Crippen molar-refractivity contribution in [3.63, 3.8) is 0 Å². The minimum absolute atomic E-state index is 0.220. The highest BCUT2D eigenvalue weighted by Gasteiger charge is 2.34. The summed E-state index contributed by atoms with van der Waals surface area (Å²) >= 11 is 5.85. The quantitative estimate of drug-likeness (QED) is 0.516. The lowest BCUT2D eigenvalue weighted by atomic mass is 10.0. The van der Waals surface area contributed by atoms with Crippen LogP contribution in [0.2, 0.25) is 5.02 Å². The molecule has 154 valence electrons. The Morgan fingerprint density at radius 2 is 1.60 bits per heavy atom. The standard InChI is InChI=1S/C22H16ClF3N2O2/c23-16-4-8-18(9-5-16)30-19-10-6-17(7-11-19)28-13-20(27-21(28)29)14-2-1-3-15(12-14)22(24,25)26/h1-12,20H,13H2,(H,27,29)/t20-/m1/s1. The van der Waals surface area contributed by atoms with E-state index in [0.717, 1.165) is 12.1 Å². The second-order valence-corrected chi connectivity index (χ2v) is 7.22. The molecule has 0 radical (unpaired) electrons. The van der Waals surface area contributed by atoms with Crippen LogP contribution in [0.25, 0.3) is 0 Å². The third kappa shape index (κ3) is 4.36. The van der Waals surface area contributed by atoms with Gasteiger partial charge in [0, 0.05) is 10.7 Å². The number of halogens is 4. The van der Waals surface area contributed by atoms with Gasteiger partial charge in [-0.05, 0) is 66.2 Å². The second-order valence-electron chi connectivity index (χ2n) is 6.79. The molecule has 4 rings (SSSR count). The zero-order chi connectivity index (χ0) is 21.3. The molecule has 1 atom stereocenters. The number of carbonyl (C=O) groups excluding carboxylic acids is 1. The van der Waals surface area contributed by atoms with Crippen LogP contribution in [0.1, 0.15) is 17.2 Å². The summed E-state index contributed by atoms with van der Waals surface area (Å²) in [6, 6.07) is 17.9. The molecule has 1 heterocycles. The van der Waals surface area contributed by atoms with Crippen molar-refractivity contribution in [2.45, 2.75) is 12.2 Å². The molecule has 3 aromatic carbocycles. The second kappa shape index (κ2) is 7.91. The van der Waals surface area contributed by atoms with Crippen LogP contribution in [0.4, 0.5) is 23.7 Å². The SMILES string of the molecule is O=C1N[C@@H](c2cccc(C(F)(F)F)c2)CN1c1ccc(Oc2ccc(Cl)cc2)cc1. The summed E-state index contributed by atoms with van der Waals surface area (Å²) in [5.74, 6) is 1.20. The minimum Gasteiger partial charge on any atom is -0.457 e. The fourth-order valence-electron chi connectivity index (χ4n) is 3.21. The van der Waals surface area contributed by atoms with E-state index < -0.39 is 17.8 Å². The van der Waals surface area contributed by atoms with Crippen LogP contribution in [-0.4, -0.2) is 12.6 Å². The lowest BCUT2D eigenvalue weighted by molar-refractivity contribution is -0.137. The number of hydrogen-bond donors (Lipinski definition) is 1. The first kappa shape index (κ1) is 20.1. The summed E-state index contributed by atoms with van der Waals surface area (Å²) in [5.41, 5.74) is 0.283. The number of rotatable bonds is 4. The molecule has 1 saturated heterocycles. The summed E-state index contributed by atoms with van der Waals surface area (Å²) in [6.45, 7) is 0.220. The Morgan fingerprint density at radius 1 is 0.967 bits per heavy atom. The molecule has 0 saturated carbocycles. The lowest BCUT2D eigenvalue weighted by Crippen LogP contribution is -2.27. The fourth-order valence-corrected chi connectivity index (χ4v) is 3.34. The number of amides is 2. The van der Waals surface area contributed by atoms with E-state index in [1.54, 1.807) is 54.6 Å². The summed E-state index contributed by atoms with van der Waals surface area (Å²) in [4.78, 5) is 13.9. The average Bonchev–Trinajstić information content (AvgIpc) is 3.11. The molecule has 0 unspecified atom stereocenters. The Kier molecular flexibility index (Phi) is 5.30. The van der Waals surface area contributed by atoms with Crippen molar-refractivity contribution in [2.75, 3.05) is 11.4 Å². The fraction of sp³-hybridized carbons (Fsp3) is 0.136. The van der Waals surface area contributed by atoms with Crippen molar-refractivity contribution in [3.05, 3.63) is 88.9 Å². The first-order chi connectivity index (χ1) is 14.3. The monoisotopic (exact) mass is 432 g/mol. The predicted molar refractivity (Wildman–Crippen MR) is 108 cm³/mol. The maximum absolute atomic E-state index is 13.0. The van der Waals surface area contributed by atoms with Gasteiger partial charge in [0.15, 0.2) is 0 Å². The number of ether oxygens (including phenoxy) is 1. The van der Waals surface area contributed by atoms with Gasteiger partial charge in [0.1, 0.15) is 11.5 Å². The molecular weight excluding hydrogens is 417 g/mol. The van der Waals surface area contributed by atoms with Crippen LogP contribution >= 0.6 is 11.6 Å². The van der Waals surface area contributed by atoms with Crippen molar-refractivity contribution >= 4 is 23.3 Å².